The van der Waals surface area contributed by atoms with Crippen LogP contribution in [0.4, 0.5) is 16.0 Å². The van der Waals surface area contributed by atoms with E-state index in [2.05, 4.69) is 37.7 Å². The maximum absolute atomic E-state index is 13.9. The molecule has 1 aliphatic heterocycles. The summed E-state index contributed by atoms with van der Waals surface area (Å²) in [6.07, 6.45) is 4.30. The zero-order chi connectivity index (χ0) is 20.9. The van der Waals surface area contributed by atoms with E-state index in [1.54, 1.807) is 21.5 Å². The zero-order valence-electron chi connectivity index (χ0n) is 16.7. The van der Waals surface area contributed by atoms with Crippen molar-refractivity contribution in [2.75, 3.05) is 11.9 Å². The summed E-state index contributed by atoms with van der Waals surface area (Å²) in [5.41, 5.74) is 3.71. The number of nitrogens with one attached hydrogen (secondary N) is 2. The van der Waals surface area contributed by atoms with E-state index in [9.17, 15) is 9.18 Å². The first kappa shape index (κ1) is 18.2. The maximum atomic E-state index is 13.9. The normalized spacial score (nSPS) is 15.8. The van der Waals surface area contributed by atoms with Crippen LogP contribution in [0.3, 0.4) is 0 Å². The van der Waals surface area contributed by atoms with E-state index in [-0.39, 0.29) is 11.6 Å². The Balaban J connectivity index is 1.46. The van der Waals surface area contributed by atoms with E-state index in [0.29, 0.717) is 22.8 Å². The predicted octanol–water partition coefficient (Wildman–Crippen LogP) is 2.84. The van der Waals surface area contributed by atoms with Crippen molar-refractivity contribution in [1.29, 1.82) is 0 Å². The number of pyridine rings is 1. The minimum Gasteiger partial charge on any atom is -0.324 e. The molecule has 1 saturated carbocycles. The van der Waals surface area contributed by atoms with E-state index >= 15 is 0 Å². The molecule has 1 aliphatic carbocycles. The second kappa shape index (κ2) is 6.98. The molecule has 2 N–H and O–H groups in total. The number of rotatable bonds is 4. The van der Waals surface area contributed by atoms with Crippen molar-refractivity contribution in [3.63, 3.8) is 0 Å². The molecule has 31 heavy (non-hydrogen) atoms. The lowest BCUT2D eigenvalue weighted by Crippen LogP contribution is -2.23. The maximum Gasteiger partial charge on any atom is 0.278 e. The second-order valence-corrected chi connectivity index (χ2v) is 7.98. The number of fused-ring (bicyclic) bond motifs is 2. The van der Waals surface area contributed by atoms with E-state index < -0.39 is 5.95 Å². The van der Waals surface area contributed by atoms with Crippen LogP contribution in [0, 0.1) is 5.95 Å². The third-order valence-electron chi connectivity index (χ3n) is 5.78. The largest absolute Gasteiger partial charge is 0.324 e. The highest BCUT2D eigenvalue weighted by atomic mass is 19.1. The molecule has 1 aromatic carbocycles. The van der Waals surface area contributed by atoms with Gasteiger partial charge in [-0.3, -0.25) is 4.79 Å². The van der Waals surface area contributed by atoms with Crippen LogP contribution in [0.15, 0.2) is 47.4 Å². The van der Waals surface area contributed by atoms with Crippen LogP contribution >= 0.6 is 0 Å². The molecule has 156 valence electrons. The summed E-state index contributed by atoms with van der Waals surface area (Å²) in [7, 11) is 0. The Kier molecular flexibility index (Phi) is 4.10. The zero-order valence-corrected chi connectivity index (χ0v) is 16.7. The lowest BCUT2D eigenvalue weighted by Gasteiger charge is -2.18. The molecule has 0 spiro atoms. The fourth-order valence-corrected chi connectivity index (χ4v) is 4.13. The standard InChI is InChI=1S/C22H20FN7O/c23-18-2-1-3-19(27-18)30-20-17(21(31)29(30)16-6-7-16)12-25-22(28-20)26-15-5-4-14-11-24-9-8-13(14)10-15/h1-5,10,12,16,24H,6-9,11H2,(H,25,26,28). The van der Waals surface area contributed by atoms with Gasteiger partial charge in [-0.1, -0.05) is 12.1 Å². The van der Waals surface area contributed by atoms with Crippen LogP contribution < -0.4 is 16.2 Å². The molecule has 0 saturated heterocycles. The summed E-state index contributed by atoms with van der Waals surface area (Å²) in [5.74, 6) is 0.0921. The summed E-state index contributed by atoms with van der Waals surface area (Å²) in [4.78, 5) is 26.0. The molecule has 0 radical (unpaired) electrons. The van der Waals surface area contributed by atoms with Crippen molar-refractivity contribution in [2.45, 2.75) is 31.8 Å². The van der Waals surface area contributed by atoms with Gasteiger partial charge >= 0.3 is 0 Å². The van der Waals surface area contributed by atoms with Gasteiger partial charge in [0.05, 0.1) is 6.04 Å². The number of hydrogen-bond donors (Lipinski definition) is 2. The summed E-state index contributed by atoms with van der Waals surface area (Å²) in [5, 5.41) is 7.00. The topological polar surface area (TPSA) is 89.7 Å². The molecule has 0 unspecified atom stereocenters. The van der Waals surface area contributed by atoms with Crippen LogP contribution in [0.5, 0.6) is 0 Å². The van der Waals surface area contributed by atoms with Gasteiger partial charge in [0.25, 0.3) is 5.56 Å². The van der Waals surface area contributed by atoms with Crippen LogP contribution in [0.25, 0.3) is 16.9 Å². The number of aromatic nitrogens is 5. The van der Waals surface area contributed by atoms with Crippen LogP contribution in [0.2, 0.25) is 0 Å². The molecule has 0 bridgehead atoms. The number of nitrogens with zero attached hydrogens (tertiary/aromatic N) is 5. The SMILES string of the molecule is O=c1c2cnc(Nc3ccc4c(c3)CCNC4)nc2n(-c2cccc(F)n2)n1C1CC1. The van der Waals surface area contributed by atoms with Gasteiger partial charge < -0.3 is 10.6 Å². The predicted molar refractivity (Wildman–Crippen MR) is 114 cm³/mol. The third kappa shape index (κ3) is 3.17. The highest BCUT2D eigenvalue weighted by Crippen LogP contribution is 2.35. The Morgan fingerprint density at radius 2 is 2.03 bits per heavy atom. The van der Waals surface area contributed by atoms with Gasteiger partial charge in [-0.05, 0) is 61.2 Å². The molecule has 8 nitrogen and oxygen atoms in total. The fraction of sp³-hybridized carbons (Fsp3) is 0.273. The van der Waals surface area contributed by atoms with Gasteiger partial charge in [-0.15, -0.1) is 0 Å². The Morgan fingerprint density at radius 1 is 1.13 bits per heavy atom. The molecular weight excluding hydrogens is 397 g/mol. The third-order valence-corrected chi connectivity index (χ3v) is 5.78. The van der Waals surface area contributed by atoms with Crippen molar-refractivity contribution in [3.05, 3.63) is 70.0 Å². The summed E-state index contributed by atoms with van der Waals surface area (Å²) in [6, 6.07) is 10.8. The second-order valence-electron chi connectivity index (χ2n) is 7.98. The Labute approximate surface area is 176 Å². The summed E-state index contributed by atoms with van der Waals surface area (Å²) >= 11 is 0. The van der Waals surface area contributed by atoms with Crippen molar-refractivity contribution in [2.24, 2.45) is 0 Å². The van der Waals surface area contributed by atoms with Crippen molar-refractivity contribution < 1.29 is 4.39 Å². The van der Waals surface area contributed by atoms with Gasteiger partial charge in [0.15, 0.2) is 11.5 Å². The van der Waals surface area contributed by atoms with Gasteiger partial charge in [-0.25, -0.2) is 19.3 Å². The molecule has 3 aromatic heterocycles. The van der Waals surface area contributed by atoms with Gasteiger partial charge in [0.2, 0.25) is 11.9 Å². The van der Waals surface area contributed by atoms with Gasteiger partial charge in [0, 0.05) is 18.4 Å². The van der Waals surface area contributed by atoms with Crippen molar-refractivity contribution in [1.82, 2.24) is 29.6 Å². The van der Waals surface area contributed by atoms with Crippen LogP contribution in [-0.2, 0) is 13.0 Å². The lowest BCUT2D eigenvalue weighted by atomic mass is 10.0. The number of anilines is 2. The van der Waals surface area contributed by atoms with E-state index in [4.69, 9.17) is 0 Å². The molecule has 6 rings (SSSR count). The Hall–Kier alpha value is -3.59. The quantitative estimate of drug-likeness (QED) is 0.497. The molecule has 0 amide bonds. The average molecular weight is 417 g/mol. The lowest BCUT2D eigenvalue weighted by molar-refractivity contribution is 0.534. The number of halogens is 1. The van der Waals surface area contributed by atoms with Crippen molar-refractivity contribution in [3.8, 4) is 5.82 Å². The van der Waals surface area contributed by atoms with E-state index in [1.807, 2.05) is 6.07 Å². The first-order chi connectivity index (χ1) is 15.2. The first-order valence-corrected chi connectivity index (χ1v) is 10.4. The van der Waals surface area contributed by atoms with Gasteiger partial charge in [-0.2, -0.15) is 9.37 Å². The highest BCUT2D eigenvalue weighted by Gasteiger charge is 2.31. The monoisotopic (exact) mass is 417 g/mol. The van der Waals surface area contributed by atoms with Crippen molar-refractivity contribution >= 4 is 22.7 Å². The average Bonchev–Trinajstić information content (AvgIpc) is 3.58. The molecule has 4 heterocycles. The molecule has 0 atom stereocenters. The Morgan fingerprint density at radius 3 is 2.87 bits per heavy atom. The molecule has 4 aromatic rings. The first-order valence-electron chi connectivity index (χ1n) is 10.4. The van der Waals surface area contributed by atoms with E-state index in [1.165, 1.54) is 23.4 Å². The minimum absolute atomic E-state index is 0.0671. The summed E-state index contributed by atoms with van der Waals surface area (Å²) < 4.78 is 17.1. The van der Waals surface area contributed by atoms with Crippen LogP contribution in [-0.4, -0.2) is 30.9 Å². The number of hydrogen-bond acceptors (Lipinski definition) is 6. The number of benzene rings is 1. The molecular formula is C22H20FN7O. The highest BCUT2D eigenvalue weighted by molar-refractivity contribution is 5.77. The smallest absolute Gasteiger partial charge is 0.278 e. The van der Waals surface area contributed by atoms with Crippen LogP contribution in [0.1, 0.15) is 30.0 Å². The molecule has 2 aliphatic rings. The van der Waals surface area contributed by atoms with E-state index in [0.717, 1.165) is 38.0 Å². The molecule has 1 fully saturated rings. The summed E-state index contributed by atoms with van der Waals surface area (Å²) in [6.45, 7) is 1.83. The minimum atomic E-state index is -0.606. The van der Waals surface area contributed by atoms with Gasteiger partial charge in [0.1, 0.15) is 5.39 Å². The Bertz CT molecular complexity index is 1370. The molecule has 9 heteroatoms. The fourth-order valence-electron chi connectivity index (χ4n) is 4.13.